The molecule has 0 spiro atoms. The fourth-order valence-corrected chi connectivity index (χ4v) is 8.45. The molecule has 0 bridgehead atoms. The maximum atomic E-state index is 12.9. The van der Waals surface area contributed by atoms with Crippen molar-refractivity contribution in [3.8, 4) is 16.8 Å². The number of benzene rings is 5. The minimum atomic E-state index is -1.26. The van der Waals surface area contributed by atoms with E-state index in [1.54, 1.807) is 0 Å². The number of aromatic nitrogens is 1. The first-order valence-corrected chi connectivity index (χ1v) is 14.7. The van der Waals surface area contributed by atoms with Gasteiger partial charge in [-0.25, -0.2) is 0 Å². The Balaban J connectivity index is 1.42. The van der Waals surface area contributed by atoms with E-state index in [2.05, 4.69) is 114 Å². The van der Waals surface area contributed by atoms with Crippen LogP contribution >= 0.6 is 11.3 Å². The van der Waals surface area contributed by atoms with E-state index >= 15 is 0 Å². The highest BCUT2D eigenvalue weighted by Crippen LogP contribution is 2.52. The van der Waals surface area contributed by atoms with E-state index in [1.807, 2.05) is 23.5 Å². The Morgan fingerprint density at radius 3 is 2.08 bits per heavy atom. The molecule has 0 aliphatic heterocycles. The Labute approximate surface area is 235 Å². The van der Waals surface area contributed by atoms with Gasteiger partial charge in [0.1, 0.15) is 5.60 Å². The molecule has 0 amide bonds. The summed E-state index contributed by atoms with van der Waals surface area (Å²) in [6.45, 7) is 0. The quantitative estimate of drug-likeness (QED) is 0.244. The lowest BCUT2D eigenvalue weighted by atomic mass is 9.83. The smallest absolute Gasteiger partial charge is 0.143 e. The van der Waals surface area contributed by atoms with E-state index in [1.165, 1.54) is 41.6 Å². The Hall–Kier alpha value is -4.44. The largest absolute Gasteiger partial charge is 0.376 e. The third-order valence-corrected chi connectivity index (χ3v) is 10.1. The van der Waals surface area contributed by atoms with Crippen molar-refractivity contribution in [2.24, 2.45) is 0 Å². The van der Waals surface area contributed by atoms with Crippen molar-refractivity contribution in [2.75, 3.05) is 0 Å². The van der Waals surface area contributed by atoms with Crippen LogP contribution in [0.15, 0.2) is 109 Å². The average Bonchev–Trinajstić information content (AvgIpc) is 3.64. The fourth-order valence-electron chi connectivity index (χ4n) is 7.20. The van der Waals surface area contributed by atoms with Crippen molar-refractivity contribution in [2.45, 2.75) is 18.4 Å². The zero-order chi connectivity index (χ0) is 26.4. The van der Waals surface area contributed by atoms with E-state index in [0.717, 1.165) is 46.3 Å². The van der Waals surface area contributed by atoms with E-state index in [0.29, 0.717) is 0 Å². The van der Waals surface area contributed by atoms with Crippen molar-refractivity contribution in [3.05, 3.63) is 136 Å². The summed E-state index contributed by atoms with van der Waals surface area (Å²) in [5.41, 5.74) is 5.94. The molecule has 0 unspecified atom stereocenters. The summed E-state index contributed by atoms with van der Waals surface area (Å²) in [5, 5.41) is 19.4. The van der Waals surface area contributed by atoms with Crippen LogP contribution in [0.2, 0.25) is 0 Å². The highest BCUT2D eigenvalue weighted by Gasteiger charge is 2.44. The molecular formula is C37H25NOS. The normalized spacial score (nSPS) is 15.0. The molecule has 1 N–H and O–H groups in total. The average molecular weight is 532 g/mol. The van der Waals surface area contributed by atoms with Crippen molar-refractivity contribution in [1.29, 1.82) is 0 Å². The van der Waals surface area contributed by atoms with Crippen molar-refractivity contribution in [1.82, 2.24) is 4.57 Å². The van der Waals surface area contributed by atoms with E-state index in [4.69, 9.17) is 0 Å². The SMILES string of the molecule is OC1(c2ccccc2-n2c3c(c4c5sc6ccccc6c5ccc42)=CCCC=3)c2ccccc2-c2ccccc21. The molecule has 0 saturated heterocycles. The number of hydrogen-bond donors (Lipinski definition) is 1. The second-order valence-corrected chi connectivity index (χ2v) is 11.9. The van der Waals surface area contributed by atoms with Gasteiger partial charge in [0.05, 0.1) is 11.2 Å². The van der Waals surface area contributed by atoms with Crippen molar-refractivity contribution < 1.29 is 5.11 Å². The maximum absolute atomic E-state index is 12.9. The lowest BCUT2D eigenvalue weighted by molar-refractivity contribution is 0.130. The molecule has 2 nitrogen and oxygen atoms in total. The number of thiophene rings is 1. The lowest BCUT2D eigenvalue weighted by Gasteiger charge is -2.29. The van der Waals surface area contributed by atoms with Gasteiger partial charge in [-0.3, -0.25) is 0 Å². The second kappa shape index (κ2) is 8.04. The van der Waals surface area contributed by atoms with Gasteiger partial charge < -0.3 is 9.67 Å². The molecular weight excluding hydrogens is 506 g/mol. The summed E-state index contributed by atoms with van der Waals surface area (Å²) < 4.78 is 5.06. The molecule has 0 atom stereocenters. The van der Waals surface area contributed by atoms with Crippen LogP contribution in [0.25, 0.3) is 60.0 Å². The van der Waals surface area contributed by atoms with Crippen molar-refractivity contribution >= 4 is 54.6 Å². The molecule has 2 aromatic heterocycles. The number of aliphatic hydroxyl groups is 1. The number of para-hydroxylation sites is 1. The Bertz CT molecular complexity index is 2260. The van der Waals surface area contributed by atoms with Gasteiger partial charge >= 0.3 is 0 Å². The van der Waals surface area contributed by atoms with Crippen LogP contribution in [-0.4, -0.2) is 9.67 Å². The van der Waals surface area contributed by atoms with E-state index in [9.17, 15) is 5.11 Å². The summed E-state index contributed by atoms with van der Waals surface area (Å²) in [6, 6.07) is 38.3. The zero-order valence-electron chi connectivity index (χ0n) is 21.8. The molecule has 190 valence electrons. The highest BCUT2D eigenvalue weighted by atomic mass is 32.1. The molecule has 9 rings (SSSR count). The summed E-state index contributed by atoms with van der Waals surface area (Å²) in [4.78, 5) is 0. The summed E-state index contributed by atoms with van der Waals surface area (Å²) in [6.07, 6.45) is 6.85. The molecule has 2 aliphatic carbocycles. The first-order chi connectivity index (χ1) is 19.7. The number of rotatable bonds is 2. The Morgan fingerprint density at radius 1 is 0.625 bits per heavy atom. The predicted molar refractivity (Wildman–Crippen MR) is 168 cm³/mol. The van der Waals surface area contributed by atoms with Crippen LogP contribution in [0, 0.1) is 0 Å². The molecule has 3 heteroatoms. The van der Waals surface area contributed by atoms with Crippen LogP contribution in [0.1, 0.15) is 29.5 Å². The van der Waals surface area contributed by atoms with Gasteiger partial charge in [0.25, 0.3) is 0 Å². The second-order valence-electron chi connectivity index (χ2n) is 10.9. The molecule has 0 radical (unpaired) electrons. The molecule has 0 fully saturated rings. The fraction of sp³-hybridized carbons (Fsp3) is 0.0811. The monoisotopic (exact) mass is 531 g/mol. The predicted octanol–water partition coefficient (Wildman–Crippen LogP) is 7.62. The van der Waals surface area contributed by atoms with Gasteiger partial charge in [0.2, 0.25) is 0 Å². The van der Waals surface area contributed by atoms with Gasteiger partial charge in [-0.15, -0.1) is 11.3 Å². The third kappa shape index (κ3) is 2.76. The molecule has 0 saturated carbocycles. The minimum absolute atomic E-state index is 0.905. The molecule has 2 aliphatic rings. The molecule has 2 heterocycles. The maximum Gasteiger partial charge on any atom is 0.143 e. The van der Waals surface area contributed by atoms with Gasteiger partial charge in [0, 0.05) is 52.8 Å². The van der Waals surface area contributed by atoms with E-state index in [-0.39, 0.29) is 0 Å². The van der Waals surface area contributed by atoms with Gasteiger partial charge in [0.15, 0.2) is 0 Å². The van der Waals surface area contributed by atoms with Crippen molar-refractivity contribution in [3.63, 3.8) is 0 Å². The summed E-state index contributed by atoms with van der Waals surface area (Å²) in [5.74, 6) is 0. The van der Waals surface area contributed by atoms with Gasteiger partial charge in [-0.1, -0.05) is 103 Å². The van der Waals surface area contributed by atoms with Gasteiger partial charge in [-0.2, -0.15) is 0 Å². The first kappa shape index (κ1) is 22.4. The summed E-state index contributed by atoms with van der Waals surface area (Å²) in [7, 11) is 0. The summed E-state index contributed by atoms with van der Waals surface area (Å²) >= 11 is 1.89. The van der Waals surface area contributed by atoms with Crippen LogP contribution in [0.4, 0.5) is 0 Å². The molecule has 7 aromatic rings. The topological polar surface area (TPSA) is 25.2 Å². The number of nitrogens with zero attached hydrogens (tertiary/aromatic N) is 1. The van der Waals surface area contributed by atoms with Crippen LogP contribution in [0.3, 0.4) is 0 Å². The van der Waals surface area contributed by atoms with Crippen LogP contribution < -0.4 is 10.6 Å². The number of fused-ring (bicyclic) bond motifs is 10. The van der Waals surface area contributed by atoms with E-state index < -0.39 is 5.60 Å². The highest BCUT2D eigenvalue weighted by molar-refractivity contribution is 7.26. The molecule has 5 aromatic carbocycles. The zero-order valence-corrected chi connectivity index (χ0v) is 22.6. The molecule has 40 heavy (non-hydrogen) atoms. The standard InChI is InChI=1S/C37H25NOS/c39-37(28-15-5-1-11-23(28)24-12-2-6-16-29(24)37)30-17-7-9-19-32(30)38-31-18-8-3-14-27(31)35-33(38)22-21-26-25-13-4-10-20-34(25)40-36(26)35/h1-2,4-7,9-22,39H,3,8H2. The van der Waals surface area contributed by atoms with Crippen LogP contribution in [0.5, 0.6) is 0 Å². The number of hydrogen-bond acceptors (Lipinski definition) is 2. The van der Waals surface area contributed by atoms with Crippen LogP contribution in [-0.2, 0) is 5.60 Å². The third-order valence-electron chi connectivity index (χ3n) is 8.86. The first-order valence-electron chi connectivity index (χ1n) is 13.9. The van der Waals surface area contributed by atoms with Gasteiger partial charge in [-0.05, 0) is 42.2 Å². The Morgan fingerprint density at radius 2 is 1.27 bits per heavy atom. The minimum Gasteiger partial charge on any atom is -0.376 e. The lowest BCUT2D eigenvalue weighted by Crippen LogP contribution is -2.33. The Kier molecular flexibility index (Phi) is 4.50.